The summed E-state index contributed by atoms with van der Waals surface area (Å²) in [7, 11) is 0. The Morgan fingerprint density at radius 3 is 2.61 bits per heavy atom. The molecule has 0 fully saturated rings. The van der Waals surface area contributed by atoms with Gasteiger partial charge in [-0.05, 0) is 31.9 Å². The van der Waals surface area contributed by atoms with E-state index in [1.165, 1.54) is 47.1 Å². The van der Waals surface area contributed by atoms with Gasteiger partial charge in [0.15, 0.2) is 0 Å². The second kappa shape index (κ2) is 10.3. The summed E-state index contributed by atoms with van der Waals surface area (Å²) in [4.78, 5) is 34.8. The van der Waals surface area contributed by atoms with E-state index in [1.54, 1.807) is 0 Å². The highest BCUT2D eigenvalue weighted by Gasteiger charge is 2.11. The van der Waals surface area contributed by atoms with Gasteiger partial charge >= 0.3 is 0 Å². The maximum atomic E-state index is 11.9. The number of aromatic nitrogens is 4. The molecule has 0 bridgehead atoms. The fourth-order valence-corrected chi connectivity index (χ4v) is 3.23. The van der Waals surface area contributed by atoms with Gasteiger partial charge in [-0.2, -0.15) is 0 Å². The number of hydrogen-bond acceptors (Lipinski definition) is 5. The highest BCUT2D eigenvalue weighted by Crippen LogP contribution is 2.16. The van der Waals surface area contributed by atoms with Crippen LogP contribution in [0.15, 0.2) is 65.8 Å². The Morgan fingerprint density at radius 2 is 1.94 bits per heavy atom. The Balaban J connectivity index is 0.000000185. The predicted molar refractivity (Wildman–Crippen MR) is 124 cm³/mol. The van der Waals surface area contributed by atoms with Gasteiger partial charge in [-0.25, -0.2) is 4.98 Å². The first-order valence-electron chi connectivity index (χ1n) is 10.3. The van der Waals surface area contributed by atoms with E-state index in [1.807, 2.05) is 48.8 Å². The number of fused-ring (bicyclic) bond motifs is 1. The topological polar surface area (TPSA) is 107 Å². The van der Waals surface area contributed by atoms with Crippen molar-refractivity contribution >= 4 is 22.4 Å². The molecule has 160 valence electrons. The van der Waals surface area contributed by atoms with Crippen molar-refractivity contribution in [2.45, 2.75) is 39.7 Å². The number of ketones is 1. The van der Waals surface area contributed by atoms with Gasteiger partial charge in [-0.1, -0.05) is 43.7 Å². The van der Waals surface area contributed by atoms with E-state index < -0.39 is 0 Å². The van der Waals surface area contributed by atoms with E-state index >= 15 is 0 Å². The highest BCUT2D eigenvalue weighted by molar-refractivity contribution is 5.79. The number of nitrogens with zero attached hydrogens (tertiary/aromatic N) is 3. The second-order valence-electron chi connectivity index (χ2n) is 7.36. The third-order valence-electron chi connectivity index (χ3n) is 4.76. The number of hydrogen-bond donors (Lipinski definition) is 2. The normalized spacial score (nSPS) is 10.5. The fraction of sp³-hybridized carbons (Fsp3) is 0.250. The van der Waals surface area contributed by atoms with E-state index in [9.17, 15) is 9.59 Å². The molecule has 31 heavy (non-hydrogen) atoms. The number of aryl methyl sites for hydroxylation is 1. The van der Waals surface area contributed by atoms with Crippen LogP contribution in [0.25, 0.3) is 22.3 Å². The molecule has 0 radical (unpaired) electrons. The van der Waals surface area contributed by atoms with Crippen LogP contribution < -0.4 is 11.3 Å². The molecule has 4 rings (SSSR count). The van der Waals surface area contributed by atoms with Crippen molar-refractivity contribution in [3.8, 4) is 11.4 Å². The Morgan fingerprint density at radius 1 is 1.16 bits per heavy atom. The number of unbranched alkanes of at least 4 members (excludes halogenated alkanes) is 1. The molecule has 0 saturated heterocycles. The number of rotatable bonds is 6. The minimum Gasteiger partial charge on any atom is -0.393 e. The van der Waals surface area contributed by atoms with Crippen LogP contribution in [0.2, 0.25) is 0 Å². The summed E-state index contributed by atoms with van der Waals surface area (Å²) < 4.78 is 1.30. The van der Waals surface area contributed by atoms with E-state index in [-0.39, 0.29) is 23.6 Å². The fourth-order valence-electron chi connectivity index (χ4n) is 3.23. The number of nitrogen functional groups attached to an aromatic ring is 1. The van der Waals surface area contributed by atoms with Crippen LogP contribution in [0, 0.1) is 0 Å². The zero-order chi connectivity index (χ0) is 22.2. The molecule has 0 aliphatic carbocycles. The summed E-state index contributed by atoms with van der Waals surface area (Å²) in [5, 5.41) is 1.22. The van der Waals surface area contributed by atoms with Gasteiger partial charge < -0.3 is 10.7 Å². The number of Topliss-reactive ketones (excluding diaryl/α,β-unsaturated/α-hetero) is 1. The number of H-pyrrole nitrogens is 1. The van der Waals surface area contributed by atoms with E-state index in [0.29, 0.717) is 5.82 Å². The predicted octanol–water partition coefficient (Wildman–Crippen LogP) is 3.99. The zero-order valence-electron chi connectivity index (χ0n) is 17.8. The lowest BCUT2D eigenvalue weighted by molar-refractivity contribution is -0.117. The van der Waals surface area contributed by atoms with Gasteiger partial charge in [0.2, 0.25) is 0 Å². The summed E-state index contributed by atoms with van der Waals surface area (Å²) in [6.45, 7) is 3.61. The van der Waals surface area contributed by atoms with Crippen LogP contribution >= 0.6 is 0 Å². The number of carbonyl (C=O) groups excluding carboxylic acids is 1. The molecular formula is C24H27N5O2. The number of carbonyl (C=O) groups is 1. The molecule has 3 aromatic heterocycles. The Kier molecular flexibility index (Phi) is 7.32. The third kappa shape index (κ3) is 5.66. The lowest BCUT2D eigenvalue weighted by Gasteiger charge is -2.10. The largest absolute Gasteiger partial charge is 0.393 e. The van der Waals surface area contributed by atoms with Crippen molar-refractivity contribution in [3.63, 3.8) is 0 Å². The van der Waals surface area contributed by atoms with Crippen LogP contribution in [-0.4, -0.2) is 25.3 Å². The van der Waals surface area contributed by atoms with Crippen molar-refractivity contribution in [2.75, 3.05) is 5.73 Å². The molecule has 0 aliphatic rings. The van der Waals surface area contributed by atoms with Gasteiger partial charge in [0.25, 0.3) is 5.56 Å². The maximum Gasteiger partial charge on any atom is 0.277 e. The molecular weight excluding hydrogens is 390 g/mol. The first-order valence-corrected chi connectivity index (χ1v) is 10.3. The number of benzene rings is 1. The summed E-state index contributed by atoms with van der Waals surface area (Å²) in [6, 6.07) is 13.4. The molecule has 7 heteroatoms. The lowest BCUT2D eigenvalue weighted by Crippen LogP contribution is -2.27. The van der Waals surface area contributed by atoms with Crippen molar-refractivity contribution in [3.05, 3.63) is 77.1 Å². The summed E-state index contributed by atoms with van der Waals surface area (Å²) >= 11 is 0. The van der Waals surface area contributed by atoms with Gasteiger partial charge in [0, 0.05) is 34.6 Å². The van der Waals surface area contributed by atoms with Gasteiger partial charge in [0.05, 0.1) is 12.7 Å². The molecule has 3 heterocycles. The minimum atomic E-state index is -0.390. The molecule has 1 aromatic carbocycles. The highest BCUT2D eigenvalue weighted by atomic mass is 16.1. The number of aromatic amines is 1. The van der Waals surface area contributed by atoms with Crippen LogP contribution in [0.1, 0.15) is 32.4 Å². The number of nitrogens with one attached hydrogen (secondary N) is 1. The van der Waals surface area contributed by atoms with Crippen LogP contribution in [0.4, 0.5) is 5.69 Å². The minimum absolute atomic E-state index is 0.0267. The molecule has 0 amide bonds. The third-order valence-corrected chi connectivity index (χ3v) is 4.76. The Hall–Kier alpha value is -3.74. The number of pyridine rings is 1. The maximum absolute atomic E-state index is 11.9. The van der Waals surface area contributed by atoms with Crippen molar-refractivity contribution < 1.29 is 4.79 Å². The zero-order valence-corrected chi connectivity index (χ0v) is 17.8. The lowest BCUT2D eigenvalue weighted by atomic mass is 10.2. The average Bonchev–Trinajstić information content (AvgIpc) is 3.19. The van der Waals surface area contributed by atoms with Crippen LogP contribution in [-0.2, 0) is 17.8 Å². The SMILES string of the molecule is CC(=O)Cn1c(-c2ccccc2)ncc(N)c1=O.CCCCc1cc2cnccc2[nH]1. The molecule has 7 nitrogen and oxygen atoms in total. The second-order valence-corrected chi connectivity index (χ2v) is 7.36. The molecule has 3 N–H and O–H groups in total. The van der Waals surface area contributed by atoms with Crippen LogP contribution in [0.3, 0.4) is 0 Å². The quantitative estimate of drug-likeness (QED) is 0.493. The molecule has 0 saturated carbocycles. The first kappa shape index (κ1) is 22.0. The average molecular weight is 418 g/mol. The smallest absolute Gasteiger partial charge is 0.277 e. The summed E-state index contributed by atoms with van der Waals surface area (Å²) in [5.74, 6) is 0.326. The monoisotopic (exact) mass is 417 g/mol. The van der Waals surface area contributed by atoms with E-state index in [2.05, 4.69) is 27.9 Å². The van der Waals surface area contributed by atoms with E-state index in [0.717, 1.165) is 12.0 Å². The molecule has 0 spiro atoms. The van der Waals surface area contributed by atoms with Crippen molar-refractivity contribution in [1.29, 1.82) is 0 Å². The van der Waals surface area contributed by atoms with Crippen molar-refractivity contribution in [2.24, 2.45) is 0 Å². The van der Waals surface area contributed by atoms with Gasteiger partial charge in [-0.15, -0.1) is 0 Å². The molecule has 4 aromatic rings. The molecule has 0 aliphatic heterocycles. The van der Waals surface area contributed by atoms with Gasteiger partial charge in [-0.3, -0.25) is 19.1 Å². The van der Waals surface area contributed by atoms with E-state index in [4.69, 9.17) is 5.73 Å². The van der Waals surface area contributed by atoms with Crippen LogP contribution in [0.5, 0.6) is 0 Å². The molecule has 0 unspecified atom stereocenters. The first-order chi connectivity index (χ1) is 15.0. The van der Waals surface area contributed by atoms with Crippen molar-refractivity contribution in [1.82, 2.24) is 19.5 Å². The standard InChI is InChI=1S/C13H13N3O2.C11H14N2/c1-9(17)8-16-12(10-5-3-2-4-6-10)15-7-11(14)13(16)18;1-2-3-4-10-7-9-8-12-6-5-11(9)13-10/h2-7H,8,14H2,1H3;5-8,13H,2-4H2,1H3. The summed E-state index contributed by atoms with van der Waals surface area (Å²) in [6.07, 6.45) is 8.68. The summed E-state index contributed by atoms with van der Waals surface area (Å²) in [5.41, 5.74) is 8.48. The van der Waals surface area contributed by atoms with Gasteiger partial charge in [0.1, 0.15) is 17.3 Å². The number of nitrogens with two attached hydrogens (primary N) is 1. The molecule has 0 atom stereocenters. The number of anilines is 1. The Labute approximate surface area is 181 Å². The Bertz CT molecular complexity index is 1180.